The van der Waals surface area contributed by atoms with E-state index in [0.717, 1.165) is 55.2 Å². The SMILES string of the molecule is CN(C)Cc1cn(CCON=C2CCC3(C)C(CCC4C5CCC(O)C5(C)CC[C@@H]43)C2)nn1. The van der Waals surface area contributed by atoms with E-state index in [4.69, 9.17) is 4.84 Å². The van der Waals surface area contributed by atoms with Crippen LogP contribution in [0.4, 0.5) is 0 Å². The molecule has 0 aromatic carbocycles. The summed E-state index contributed by atoms with van der Waals surface area (Å²) in [5.74, 6) is 3.11. The maximum Gasteiger partial charge on any atom is 0.136 e. The third kappa shape index (κ3) is 4.24. The molecule has 6 unspecified atom stereocenters. The predicted octanol–water partition coefficient (Wildman–Crippen LogP) is 4.12. The summed E-state index contributed by atoms with van der Waals surface area (Å²) >= 11 is 0. The van der Waals surface area contributed by atoms with Crippen molar-refractivity contribution in [2.24, 2.45) is 39.7 Å². The monoisotopic (exact) mass is 457 g/mol. The van der Waals surface area contributed by atoms with Gasteiger partial charge in [0.15, 0.2) is 0 Å². The third-order valence-electron chi connectivity index (χ3n) is 10.1. The molecule has 4 aliphatic carbocycles. The molecule has 4 saturated carbocycles. The molecule has 1 N–H and O–H groups in total. The van der Waals surface area contributed by atoms with E-state index in [1.807, 2.05) is 25.0 Å². The van der Waals surface area contributed by atoms with Crippen molar-refractivity contribution < 1.29 is 9.94 Å². The summed E-state index contributed by atoms with van der Waals surface area (Å²) in [7, 11) is 4.06. The summed E-state index contributed by atoms with van der Waals surface area (Å²) in [5, 5.41) is 23.6. The van der Waals surface area contributed by atoms with Gasteiger partial charge in [0.2, 0.25) is 0 Å². The number of fused-ring (bicyclic) bond motifs is 5. The molecule has 0 aliphatic heterocycles. The van der Waals surface area contributed by atoms with Crippen LogP contribution in [-0.2, 0) is 17.9 Å². The van der Waals surface area contributed by atoms with E-state index >= 15 is 0 Å². The van der Waals surface area contributed by atoms with E-state index in [1.54, 1.807) is 0 Å². The highest BCUT2D eigenvalue weighted by molar-refractivity contribution is 5.85. The highest BCUT2D eigenvalue weighted by Gasteiger charge is 2.59. The number of aliphatic hydroxyl groups is 1. The summed E-state index contributed by atoms with van der Waals surface area (Å²) < 4.78 is 1.84. The topological polar surface area (TPSA) is 75.8 Å². The molecule has 1 heterocycles. The van der Waals surface area contributed by atoms with Crippen molar-refractivity contribution in [3.05, 3.63) is 11.9 Å². The lowest BCUT2D eigenvalue weighted by molar-refractivity contribution is -0.112. The molecule has 0 spiro atoms. The fourth-order valence-electron chi connectivity index (χ4n) is 8.23. The van der Waals surface area contributed by atoms with Gasteiger partial charge in [-0.2, -0.15) is 0 Å². The van der Waals surface area contributed by atoms with Crippen LogP contribution in [0.3, 0.4) is 0 Å². The van der Waals surface area contributed by atoms with Gasteiger partial charge in [-0.15, -0.1) is 5.10 Å². The molecule has 1 aromatic rings. The molecule has 7 atom stereocenters. The molecule has 184 valence electrons. The number of aromatic nitrogens is 3. The number of oxime groups is 1. The van der Waals surface area contributed by atoms with Gasteiger partial charge >= 0.3 is 0 Å². The minimum Gasteiger partial charge on any atom is -0.394 e. The van der Waals surface area contributed by atoms with Gasteiger partial charge in [-0.3, -0.25) is 0 Å². The van der Waals surface area contributed by atoms with Crippen molar-refractivity contribution in [3.8, 4) is 0 Å². The van der Waals surface area contributed by atoms with Crippen LogP contribution in [0.1, 0.15) is 77.3 Å². The Labute approximate surface area is 198 Å². The largest absolute Gasteiger partial charge is 0.394 e. The Bertz CT molecular complexity index is 869. The van der Waals surface area contributed by atoms with Crippen molar-refractivity contribution in [1.29, 1.82) is 0 Å². The molecule has 4 fully saturated rings. The van der Waals surface area contributed by atoms with Gasteiger partial charge in [-0.1, -0.05) is 24.2 Å². The standard InChI is InChI=1S/C26H43N5O2/c1-25-11-9-19(28-33-14-13-31-17-20(27-29-31)16-30(3)4)15-18(25)5-6-21-22-7-8-24(32)26(22,2)12-10-23(21)25/h17-18,21-24,32H,5-16H2,1-4H3/t18?,21?,22?,23-,24?,25?,26?/m0/s1. The van der Waals surface area contributed by atoms with Crippen molar-refractivity contribution in [1.82, 2.24) is 19.9 Å². The minimum atomic E-state index is -0.0756. The van der Waals surface area contributed by atoms with Crippen LogP contribution in [-0.4, -0.2) is 57.5 Å². The fourth-order valence-corrected chi connectivity index (χ4v) is 8.23. The van der Waals surface area contributed by atoms with E-state index in [-0.39, 0.29) is 11.5 Å². The molecule has 5 rings (SSSR count). The summed E-state index contributed by atoms with van der Waals surface area (Å²) in [4.78, 5) is 7.82. The Morgan fingerprint density at radius 2 is 1.94 bits per heavy atom. The molecule has 1 aromatic heterocycles. The summed E-state index contributed by atoms with van der Waals surface area (Å²) in [6.07, 6.45) is 12.7. The minimum absolute atomic E-state index is 0.0756. The number of nitrogens with zero attached hydrogens (tertiary/aromatic N) is 5. The molecule has 0 radical (unpaired) electrons. The number of aliphatic hydroxyl groups excluding tert-OH is 1. The van der Waals surface area contributed by atoms with Crippen LogP contribution in [0.25, 0.3) is 0 Å². The molecule has 7 nitrogen and oxygen atoms in total. The van der Waals surface area contributed by atoms with E-state index in [9.17, 15) is 5.11 Å². The van der Waals surface area contributed by atoms with Gasteiger partial charge in [-0.05, 0) is 106 Å². The van der Waals surface area contributed by atoms with E-state index in [1.165, 1.54) is 44.2 Å². The second-order valence-corrected chi connectivity index (χ2v) is 12.2. The first-order valence-corrected chi connectivity index (χ1v) is 13.2. The Morgan fingerprint density at radius 1 is 1.12 bits per heavy atom. The van der Waals surface area contributed by atoms with Crippen molar-refractivity contribution >= 4 is 5.71 Å². The van der Waals surface area contributed by atoms with Crippen molar-refractivity contribution in [3.63, 3.8) is 0 Å². The maximum atomic E-state index is 10.7. The van der Waals surface area contributed by atoms with Crippen LogP contribution in [0.5, 0.6) is 0 Å². The van der Waals surface area contributed by atoms with Crippen LogP contribution in [0.2, 0.25) is 0 Å². The zero-order valence-electron chi connectivity index (χ0n) is 21.0. The smallest absolute Gasteiger partial charge is 0.136 e. The van der Waals surface area contributed by atoms with Gasteiger partial charge in [0.05, 0.1) is 24.1 Å². The summed E-state index contributed by atoms with van der Waals surface area (Å²) in [5.41, 5.74) is 2.83. The molecule has 7 heteroatoms. The summed E-state index contributed by atoms with van der Waals surface area (Å²) in [6, 6.07) is 0. The second-order valence-electron chi connectivity index (χ2n) is 12.2. The van der Waals surface area contributed by atoms with Crippen LogP contribution >= 0.6 is 0 Å². The lowest BCUT2D eigenvalue weighted by atomic mass is 9.45. The normalized spacial score (nSPS) is 41.6. The molecular formula is C26H43N5O2. The van der Waals surface area contributed by atoms with Crippen LogP contribution in [0.15, 0.2) is 11.4 Å². The van der Waals surface area contributed by atoms with Gasteiger partial charge < -0.3 is 14.8 Å². The first kappa shape index (κ1) is 23.3. The third-order valence-corrected chi connectivity index (χ3v) is 10.1. The van der Waals surface area contributed by atoms with Crippen molar-refractivity contribution in [2.75, 3.05) is 20.7 Å². The lowest BCUT2D eigenvalue weighted by Gasteiger charge is -2.60. The average Bonchev–Trinajstić information content (AvgIpc) is 3.34. The number of hydrogen-bond acceptors (Lipinski definition) is 6. The van der Waals surface area contributed by atoms with Gasteiger partial charge in [0.1, 0.15) is 6.61 Å². The summed E-state index contributed by atoms with van der Waals surface area (Å²) in [6.45, 7) is 6.96. The Kier molecular flexibility index (Phi) is 6.32. The fraction of sp³-hybridized carbons (Fsp3) is 0.885. The lowest BCUT2D eigenvalue weighted by Crippen LogP contribution is -2.54. The Balaban J connectivity index is 1.15. The number of hydrogen-bond donors (Lipinski definition) is 1. The molecule has 33 heavy (non-hydrogen) atoms. The highest BCUT2D eigenvalue weighted by atomic mass is 16.6. The first-order valence-electron chi connectivity index (χ1n) is 13.2. The average molecular weight is 458 g/mol. The molecule has 4 aliphatic rings. The molecule has 0 saturated heterocycles. The molecular weight excluding hydrogens is 414 g/mol. The van der Waals surface area contributed by atoms with Gasteiger partial charge in [0, 0.05) is 12.7 Å². The zero-order valence-corrected chi connectivity index (χ0v) is 21.0. The van der Waals surface area contributed by atoms with E-state index < -0.39 is 0 Å². The van der Waals surface area contributed by atoms with E-state index in [0.29, 0.717) is 18.6 Å². The van der Waals surface area contributed by atoms with Crippen LogP contribution < -0.4 is 0 Å². The quantitative estimate of drug-likeness (QED) is 0.514. The van der Waals surface area contributed by atoms with Gasteiger partial charge in [0.25, 0.3) is 0 Å². The number of rotatable bonds is 6. The highest BCUT2D eigenvalue weighted by Crippen LogP contribution is 2.65. The van der Waals surface area contributed by atoms with Gasteiger partial charge in [-0.25, -0.2) is 4.68 Å². The molecule has 0 amide bonds. The Hall–Kier alpha value is -1.47. The van der Waals surface area contributed by atoms with Crippen LogP contribution in [0, 0.1) is 34.5 Å². The first-order chi connectivity index (χ1) is 15.8. The van der Waals surface area contributed by atoms with Crippen molar-refractivity contribution in [2.45, 2.75) is 90.8 Å². The zero-order chi connectivity index (χ0) is 23.2. The predicted molar refractivity (Wildman–Crippen MR) is 129 cm³/mol. The van der Waals surface area contributed by atoms with E-state index in [2.05, 4.69) is 34.2 Å². The molecule has 0 bridgehead atoms. The Morgan fingerprint density at radius 3 is 2.76 bits per heavy atom. The second kappa shape index (κ2) is 8.95. The maximum absolute atomic E-state index is 10.7.